The van der Waals surface area contributed by atoms with E-state index in [-0.39, 0.29) is 0 Å². The average molecular weight is 207 g/mol. The van der Waals surface area contributed by atoms with Crippen LogP contribution in [0.4, 0.5) is 0 Å². The third-order valence-corrected chi connectivity index (χ3v) is 2.29. The molecule has 0 aromatic heterocycles. The van der Waals surface area contributed by atoms with Gasteiger partial charge in [-0.1, -0.05) is 38.5 Å². The monoisotopic (exact) mass is 207 g/mol. The molecule has 1 aromatic carbocycles. The Kier molecular flexibility index (Phi) is 5.86. The van der Waals surface area contributed by atoms with E-state index in [0.717, 1.165) is 31.9 Å². The van der Waals surface area contributed by atoms with Crippen LogP contribution in [0.1, 0.15) is 32.3 Å². The van der Waals surface area contributed by atoms with E-state index in [2.05, 4.69) is 31.3 Å². The zero-order valence-corrected chi connectivity index (χ0v) is 9.75. The highest BCUT2D eigenvalue weighted by molar-refractivity contribution is 5.33. The quantitative estimate of drug-likeness (QED) is 0.694. The van der Waals surface area contributed by atoms with Gasteiger partial charge >= 0.3 is 0 Å². The largest absolute Gasteiger partial charge is 0.493 e. The van der Waals surface area contributed by atoms with Gasteiger partial charge < -0.3 is 10.1 Å². The normalized spacial score (nSPS) is 10.3. The minimum Gasteiger partial charge on any atom is -0.493 e. The van der Waals surface area contributed by atoms with Gasteiger partial charge in [0.15, 0.2) is 0 Å². The van der Waals surface area contributed by atoms with Gasteiger partial charge in [-0.3, -0.25) is 0 Å². The first-order valence-electron chi connectivity index (χ1n) is 5.80. The van der Waals surface area contributed by atoms with Crippen LogP contribution in [0.3, 0.4) is 0 Å². The Morgan fingerprint density at radius 2 is 2.00 bits per heavy atom. The number of ether oxygens (including phenoxy) is 1. The van der Waals surface area contributed by atoms with E-state index in [4.69, 9.17) is 4.74 Å². The van der Waals surface area contributed by atoms with E-state index in [1.165, 1.54) is 12.0 Å². The molecule has 2 heteroatoms. The van der Waals surface area contributed by atoms with Crippen LogP contribution in [-0.2, 0) is 6.54 Å². The molecule has 15 heavy (non-hydrogen) atoms. The summed E-state index contributed by atoms with van der Waals surface area (Å²) < 4.78 is 5.73. The van der Waals surface area contributed by atoms with Crippen molar-refractivity contribution in [3.63, 3.8) is 0 Å². The van der Waals surface area contributed by atoms with Crippen molar-refractivity contribution < 1.29 is 4.74 Å². The molecule has 0 unspecified atom stereocenters. The van der Waals surface area contributed by atoms with Crippen molar-refractivity contribution in [1.82, 2.24) is 5.32 Å². The van der Waals surface area contributed by atoms with Crippen molar-refractivity contribution in [2.75, 3.05) is 13.2 Å². The second kappa shape index (κ2) is 7.30. The van der Waals surface area contributed by atoms with Crippen LogP contribution < -0.4 is 10.1 Å². The standard InChI is InChI=1S/C13H21NO/c1-3-5-10-15-13-9-7-6-8-12(13)11-14-4-2/h6-9,14H,3-5,10-11H2,1-2H3. The third kappa shape index (κ3) is 4.34. The zero-order chi connectivity index (χ0) is 10.9. The molecule has 0 saturated heterocycles. The molecular formula is C13H21NO. The van der Waals surface area contributed by atoms with E-state index in [0.29, 0.717) is 0 Å². The van der Waals surface area contributed by atoms with Gasteiger partial charge in [-0.25, -0.2) is 0 Å². The molecule has 0 heterocycles. The van der Waals surface area contributed by atoms with Crippen LogP contribution in [-0.4, -0.2) is 13.2 Å². The van der Waals surface area contributed by atoms with Crippen LogP contribution in [0.25, 0.3) is 0 Å². The van der Waals surface area contributed by atoms with Crippen LogP contribution in [0.15, 0.2) is 24.3 Å². The highest BCUT2D eigenvalue weighted by atomic mass is 16.5. The van der Waals surface area contributed by atoms with Gasteiger partial charge in [0.1, 0.15) is 5.75 Å². The van der Waals surface area contributed by atoms with Crippen LogP contribution in [0, 0.1) is 0 Å². The predicted molar refractivity (Wildman–Crippen MR) is 64.2 cm³/mol. The number of benzene rings is 1. The van der Waals surface area contributed by atoms with Crippen molar-refractivity contribution in [1.29, 1.82) is 0 Å². The maximum Gasteiger partial charge on any atom is 0.123 e. The summed E-state index contributed by atoms with van der Waals surface area (Å²) in [5.41, 5.74) is 1.25. The SMILES string of the molecule is CCCCOc1ccccc1CNCC. The summed E-state index contributed by atoms with van der Waals surface area (Å²) >= 11 is 0. The van der Waals surface area contributed by atoms with Crippen molar-refractivity contribution in [2.45, 2.75) is 33.2 Å². The van der Waals surface area contributed by atoms with Crippen molar-refractivity contribution in [2.24, 2.45) is 0 Å². The van der Waals surface area contributed by atoms with E-state index in [1.54, 1.807) is 0 Å². The molecule has 0 aliphatic carbocycles. The van der Waals surface area contributed by atoms with Gasteiger partial charge in [0, 0.05) is 12.1 Å². The lowest BCUT2D eigenvalue weighted by Crippen LogP contribution is -2.13. The van der Waals surface area contributed by atoms with Gasteiger partial charge in [-0.2, -0.15) is 0 Å². The Labute approximate surface area is 92.6 Å². The van der Waals surface area contributed by atoms with Crippen molar-refractivity contribution in [3.05, 3.63) is 29.8 Å². The summed E-state index contributed by atoms with van der Waals surface area (Å²) in [6.07, 6.45) is 2.30. The van der Waals surface area contributed by atoms with Gasteiger partial charge in [-0.15, -0.1) is 0 Å². The first-order chi connectivity index (χ1) is 7.38. The fourth-order valence-corrected chi connectivity index (χ4v) is 1.38. The Balaban J connectivity index is 2.52. The molecule has 1 rings (SSSR count). The lowest BCUT2D eigenvalue weighted by Gasteiger charge is -2.11. The molecule has 0 radical (unpaired) electrons. The number of hydrogen-bond acceptors (Lipinski definition) is 2. The first-order valence-corrected chi connectivity index (χ1v) is 5.80. The fraction of sp³-hybridized carbons (Fsp3) is 0.538. The lowest BCUT2D eigenvalue weighted by molar-refractivity contribution is 0.305. The highest BCUT2D eigenvalue weighted by Crippen LogP contribution is 2.17. The minimum atomic E-state index is 0.819. The number of hydrogen-bond donors (Lipinski definition) is 1. The molecule has 0 amide bonds. The molecule has 0 fully saturated rings. The zero-order valence-electron chi connectivity index (χ0n) is 9.75. The summed E-state index contributed by atoms with van der Waals surface area (Å²) in [5.74, 6) is 1.02. The maximum atomic E-state index is 5.73. The van der Waals surface area contributed by atoms with Crippen LogP contribution in [0.5, 0.6) is 5.75 Å². The number of unbranched alkanes of at least 4 members (excludes halogenated alkanes) is 1. The summed E-state index contributed by atoms with van der Waals surface area (Å²) in [5, 5.41) is 3.32. The molecule has 0 atom stereocenters. The third-order valence-electron chi connectivity index (χ3n) is 2.29. The molecule has 0 bridgehead atoms. The second-order valence-electron chi connectivity index (χ2n) is 3.59. The minimum absolute atomic E-state index is 0.819. The molecular weight excluding hydrogens is 186 g/mol. The van der Waals surface area contributed by atoms with Crippen molar-refractivity contribution in [3.8, 4) is 5.75 Å². The Bertz CT molecular complexity index is 273. The topological polar surface area (TPSA) is 21.3 Å². The van der Waals surface area contributed by atoms with Crippen LogP contribution >= 0.6 is 0 Å². The highest BCUT2D eigenvalue weighted by Gasteiger charge is 2.01. The van der Waals surface area contributed by atoms with E-state index >= 15 is 0 Å². The van der Waals surface area contributed by atoms with Crippen molar-refractivity contribution >= 4 is 0 Å². The summed E-state index contributed by atoms with van der Waals surface area (Å²) in [4.78, 5) is 0. The van der Waals surface area contributed by atoms with E-state index in [9.17, 15) is 0 Å². The Morgan fingerprint density at radius 1 is 1.20 bits per heavy atom. The van der Waals surface area contributed by atoms with E-state index < -0.39 is 0 Å². The van der Waals surface area contributed by atoms with Crippen LogP contribution in [0.2, 0.25) is 0 Å². The summed E-state index contributed by atoms with van der Waals surface area (Å²) in [6.45, 7) is 6.98. The Hall–Kier alpha value is -1.02. The van der Waals surface area contributed by atoms with Gasteiger partial charge in [-0.05, 0) is 19.0 Å². The summed E-state index contributed by atoms with van der Waals surface area (Å²) in [7, 11) is 0. The fourth-order valence-electron chi connectivity index (χ4n) is 1.38. The van der Waals surface area contributed by atoms with Gasteiger partial charge in [0.25, 0.3) is 0 Å². The van der Waals surface area contributed by atoms with E-state index in [1.807, 2.05) is 12.1 Å². The molecule has 1 N–H and O–H groups in total. The molecule has 0 spiro atoms. The lowest BCUT2D eigenvalue weighted by atomic mass is 10.2. The summed E-state index contributed by atoms with van der Waals surface area (Å²) in [6, 6.07) is 8.24. The number of rotatable bonds is 7. The first kappa shape index (κ1) is 12.1. The smallest absolute Gasteiger partial charge is 0.123 e. The molecule has 2 nitrogen and oxygen atoms in total. The predicted octanol–water partition coefficient (Wildman–Crippen LogP) is 2.98. The maximum absolute atomic E-state index is 5.73. The molecule has 0 aliphatic heterocycles. The molecule has 0 saturated carbocycles. The molecule has 1 aromatic rings. The molecule has 0 aliphatic rings. The molecule has 84 valence electrons. The number of para-hydroxylation sites is 1. The average Bonchev–Trinajstić information content (AvgIpc) is 2.28. The van der Waals surface area contributed by atoms with Gasteiger partial charge in [0.05, 0.1) is 6.61 Å². The Morgan fingerprint density at radius 3 is 2.73 bits per heavy atom. The van der Waals surface area contributed by atoms with Gasteiger partial charge in [0.2, 0.25) is 0 Å². The second-order valence-corrected chi connectivity index (χ2v) is 3.59. The number of nitrogens with one attached hydrogen (secondary N) is 1.